The van der Waals surface area contributed by atoms with Gasteiger partial charge in [0.15, 0.2) is 11.6 Å². The van der Waals surface area contributed by atoms with Gasteiger partial charge in [-0.3, -0.25) is 0 Å². The van der Waals surface area contributed by atoms with E-state index in [-0.39, 0.29) is 6.04 Å². The normalized spacial score (nSPS) is 15.8. The zero-order valence-electron chi connectivity index (χ0n) is 19.7. The van der Waals surface area contributed by atoms with E-state index >= 15 is 0 Å². The summed E-state index contributed by atoms with van der Waals surface area (Å²) in [7, 11) is 1.67. The first-order valence-electron chi connectivity index (χ1n) is 11.6. The van der Waals surface area contributed by atoms with Crippen molar-refractivity contribution in [1.29, 1.82) is 0 Å². The van der Waals surface area contributed by atoms with Crippen molar-refractivity contribution in [2.45, 2.75) is 19.9 Å². The Kier molecular flexibility index (Phi) is 6.19. The molecule has 0 amide bonds. The first-order chi connectivity index (χ1) is 16.5. The number of hydrogen-bond acceptors (Lipinski definition) is 8. The molecule has 3 aromatic rings. The number of rotatable bonds is 6. The molecule has 1 saturated heterocycles. The Morgan fingerprint density at radius 1 is 1.12 bits per heavy atom. The van der Waals surface area contributed by atoms with Gasteiger partial charge in [0.2, 0.25) is 0 Å². The Morgan fingerprint density at radius 3 is 2.71 bits per heavy atom. The highest BCUT2D eigenvalue weighted by molar-refractivity contribution is 5.73. The lowest BCUT2D eigenvalue weighted by Gasteiger charge is -2.34. The van der Waals surface area contributed by atoms with Gasteiger partial charge in [0, 0.05) is 49.5 Å². The van der Waals surface area contributed by atoms with Gasteiger partial charge in [0.05, 0.1) is 25.0 Å². The maximum atomic E-state index is 14.8. The Balaban J connectivity index is 1.38. The van der Waals surface area contributed by atoms with Gasteiger partial charge in [-0.05, 0) is 38.1 Å². The SMILES string of the molecule is COc1cc(Nc2nc(-c3cc(F)c4c(c3)N(C(C)C)CCO4)co2)ccc1N1CCNCC1. The summed E-state index contributed by atoms with van der Waals surface area (Å²) in [5.41, 5.74) is 3.77. The second-order valence-corrected chi connectivity index (χ2v) is 8.73. The maximum Gasteiger partial charge on any atom is 0.299 e. The minimum Gasteiger partial charge on any atom is -0.495 e. The molecule has 2 aliphatic heterocycles. The highest BCUT2D eigenvalue weighted by atomic mass is 19.1. The van der Waals surface area contributed by atoms with Crippen molar-refractivity contribution in [3.63, 3.8) is 0 Å². The van der Waals surface area contributed by atoms with Crippen LogP contribution < -0.4 is 29.9 Å². The second kappa shape index (κ2) is 9.42. The number of nitrogens with zero attached hydrogens (tertiary/aromatic N) is 3. The molecule has 9 heteroatoms. The standard InChI is InChI=1S/C25H30FN5O3/c1-16(2)31-10-11-33-24-19(26)12-17(13-22(24)31)20-15-34-25(29-20)28-18-4-5-21(23(14-18)32-3)30-8-6-27-7-9-30/h4-5,12-16,27H,6-11H2,1-3H3,(H,28,29). The number of fused-ring (bicyclic) bond motifs is 1. The van der Waals surface area contributed by atoms with Crippen LogP contribution >= 0.6 is 0 Å². The van der Waals surface area contributed by atoms with Crippen molar-refractivity contribution < 1.29 is 18.3 Å². The summed E-state index contributed by atoms with van der Waals surface area (Å²) in [4.78, 5) is 8.98. The zero-order valence-corrected chi connectivity index (χ0v) is 19.7. The van der Waals surface area contributed by atoms with E-state index < -0.39 is 5.82 Å². The molecule has 0 saturated carbocycles. The number of piperazine rings is 1. The van der Waals surface area contributed by atoms with E-state index in [1.165, 1.54) is 12.3 Å². The Labute approximate surface area is 198 Å². The van der Waals surface area contributed by atoms with Crippen LogP contribution in [0, 0.1) is 5.82 Å². The van der Waals surface area contributed by atoms with Crippen molar-refractivity contribution in [2.75, 3.05) is 61.6 Å². The van der Waals surface area contributed by atoms with Crippen LogP contribution in [0.15, 0.2) is 41.0 Å². The number of methoxy groups -OCH3 is 1. The molecule has 3 heterocycles. The largest absolute Gasteiger partial charge is 0.495 e. The van der Waals surface area contributed by atoms with Crippen molar-refractivity contribution in [1.82, 2.24) is 10.3 Å². The summed E-state index contributed by atoms with van der Waals surface area (Å²) in [5, 5.41) is 6.55. The van der Waals surface area contributed by atoms with E-state index in [2.05, 4.69) is 39.3 Å². The fourth-order valence-corrected chi connectivity index (χ4v) is 4.50. The molecule has 180 valence electrons. The van der Waals surface area contributed by atoms with Crippen molar-refractivity contribution in [3.8, 4) is 22.8 Å². The predicted molar refractivity (Wildman–Crippen MR) is 131 cm³/mol. The van der Waals surface area contributed by atoms with E-state index in [1.807, 2.05) is 24.3 Å². The predicted octanol–water partition coefficient (Wildman–Crippen LogP) is 4.25. The third-order valence-corrected chi connectivity index (χ3v) is 6.22. The summed E-state index contributed by atoms with van der Waals surface area (Å²) in [6.45, 7) is 9.12. The topological polar surface area (TPSA) is 75.0 Å². The summed E-state index contributed by atoms with van der Waals surface area (Å²) in [6.07, 6.45) is 1.53. The highest BCUT2D eigenvalue weighted by Crippen LogP contribution is 2.39. The lowest BCUT2D eigenvalue weighted by molar-refractivity contribution is 0.287. The number of oxazole rings is 1. The maximum absolute atomic E-state index is 14.8. The Morgan fingerprint density at radius 2 is 1.94 bits per heavy atom. The molecule has 0 radical (unpaired) electrons. The van der Waals surface area contributed by atoms with Gasteiger partial charge < -0.3 is 34.3 Å². The molecule has 0 unspecified atom stereocenters. The number of halogens is 1. The first-order valence-corrected chi connectivity index (χ1v) is 11.6. The molecule has 2 aromatic carbocycles. The van der Waals surface area contributed by atoms with Gasteiger partial charge in [0.25, 0.3) is 6.01 Å². The van der Waals surface area contributed by atoms with Crippen LogP contribution in [0.2, 0.25) is 0 Å². The van der Waals surface area contributed by atoms with E-state index in [0.717, 1.165) is 49.0 Å². The fourth-order valence-electron chi connectivity index (χ4n) is 4.50. The lowest BCUT2D eigenvalue weighted by atomic mass is 10.1. The minimum atomic E-state index is -0.399. The summed E-state index contributed by atoms with van der Waals surface area (Å²) >= 11 is 0. The molecular formula is C25H30FN5O3. The van der Waals surface area contributed by atoms with Crippen LogP contribution in [0.5, 0.6) is 11.5 Å². The molecule has 1 aromatic heterocycles. The van der Waals surface area contributed by atoms with Crippen LogP contribution in [0.1, 0.15) is 13.8 Å². The molecule has 0 spiro atoms. The quantitative estimate of drug-likeness (QED) is 0.557. The van der Waals surface area contributed by atoms with Gasteiger partial charge in [-0.15, -0.1) is 0 Å². The third kappa shape index (κ3) is 4.35. The lowest BCUT2D eigenvalue weighted by Crippen LogP contribution is -2.43. The molecule has 2 aliphatic rings. The highest BCUT2D eigenvalue weighted by Gasteiger charge is 2.25. The van der Waals surface area contributed by atoms with Crippen LogP contribution in [0.4, 0.5) is 27.5 Å². The molecular weight excluding hydrogens is 437 g/mol. The van der Waals surface area contributed by atoms with Gasteiger partial charge in [-0.2, -0.15) is 4.98 Å². The average Bonchev–Trinajstić information content (AvgIpc) is 3.32. The smallest absolute Gasteiger partial charge is 0.299 e. The van der Waals surface area contributed by atoms with E-state index in [9.17, 15) is 4.39 Å². The number of ether oxygens (including phenoxy) is 2. The van der Waals surface area contributed by atoms with Crippen LogP contribution in [-0.4, -0.2) is 57.5 Å². The molecule has 34 heavy (non-hydrogen) atoms. The van der Waals surface area contributed by atoms with Crippen molar-refractivity contribution in [2.24, 2.45) is 0 Å². The molecule has 1 fully saturated rings. The average molecular weight is 468 g/mol. The van der Waals surface area contributed by atoms with Crippen LogP contribution in [0.3, 0.4) is 0 Å². The van der Waals surface area contributed by atoms with Crippen molar-refractivity contribution >= 4 is 23.1 Å². The number of aromatic nitrogens is 1. The third-order valence-electron chi connectivity index (χ3n) is 6.22. The second-order valence-electron chi connectivity index (χ2n) is 8.73. The molecule has 5 rings (SSSR count). The first kappa shape index (κ1) is 22.3. The monoisotopic (exact) mass is 467 g/mol. The summed E-state index contributed by atoms with van der Waals surface area (Å²) < 4.78 is 31.7. The van der Waals surface area contributed by atoms with E-state index in [0.29, 0.717) is 36.2 Å². The summed E-state index contributed by atoms with van der Waals surface area (Å²) in [6, 6.07) is 9.83. The number of anilines is 4. The number of nitrogens with one attached hydrogen (secondary N) is 2. The van der Waals surface area contributed by atoms with Crippen molar-refractivity contribution in [3.05, 3.63) is 42.4 Å². The van der Waals surface area contributed by atoms with Gasteiger partial charge in [-0.25, -0.2) is 4.39 Å². The fraction of sp³-hybridized carbons (Fsp3) is 0.400. The Bertz CT molecular complexity index is 1160. The van der Waals surface area contributed by atoms with Gasteiger partial charge in [-0.1, -0.05) is 0 Å². The van der Waals surface area contributed by atoms with Gasteiger partial charge in [0.1, 0.15) is 24.3 Å². The number of benzene rings is 2. The zero-order chi connectivity index (χ0) is 23.7. The molecule has 0 aliphatic carbocycles. The molecule has 0 atom stereocenters. The molecule has 0 bridgehead atoms. The van der Waals surface area contributed by atoms with Crippen LogP contribution in [0.25, 0.3) is 11.3 Å². The van der Waals surface area contributed by atoms with Gasteiger partial charge >= 0.3 is 0 Å². The van der Waals surface area contributed by atoms with Crippen LogP contribution in [-0.2, 0) is 0 Å². The summed E-state index contributed by atoms with van der Waals surface area (Å²) in [5.74, 6) is 0.676. The molecule has 8 nitrogen and oxygen atoms in total. The number of hydrogen-bond donors (Lipinski definition) is 2. The van der Waals surface area contributed by atoms with E-state index in [1.54, 1.807) is 7.11 Å². The molecule has 2 N–H and O–H groups in total. The van der Waals surface area contributed by atoms with E-state index in [4.69, 9.17) is 13.9 Å². The minimum absolute atomic E-state index is 0.228. The Hall–Kier alpha value is -3.46.